The molecule has 2 aromatic rings. The Kier molecular flexibility index (Phi) is 4.58. The number of anilines is 1. The third-order valence-electron chi connectivity index (χ3n) is 3.42. The molecule has 2 aromatic carbocycles. The lowest BCUT2D eigenvalue weighted by Gasteiger charge is -2.16. The predicted molar refractivity (Wildman–Crippen MR) is 81.2 cm³/mol. The highest BCUT2D eigenvalue weighted by atomic mass is 19.1. The van der Waals surface area contributed by atoms with Crippen molar-refractivity contribution in [3.8, 4) is 0 Å². The number of hydrogen-bond donors (Lipinski definition) is 1. The second-order valence-corrected chi connectivity index (χ2v) is 5.21. The Balaban J connectivity index is 2.29. The van der Waals surface area contributed by atoms with E-state index in [1.54, 1.807) is 6.07 Å². The molecule has 0 bridgehead atoms. The molecule has 0 aromatic heterocycles. The van der Waals surface area contributed by atoms with Crippen molar-refractivity contribution in [3.63, 3.8) is 0 Å². The number of carboxylic acids is 1. The summed E-state index contributed by atoms with van der Waals surface area (Å²) in [5.41, 5.74) is 2.41. The molecule has 0 amide bonds. The van der Waals surface area contributed by atoms with Crippen LogP contribution in [0.1, 0.15) is 17.0 Å². The molecule has 0 fully saturated rings. The van der Waals surface area contributed by atoms with E-state index in [0.29, 0.717) is 12.0 Å². The van der Waals surface area contributed by atoms with Crippen LogP contribution in [0.2, 0.25) is 0 Å². The molecule has 2 rings (SSSR count). The van der Waals surface area contributed by atoms with Crippen LogP contribution >= 0.6 is 0 Å². The lowest BCUT2D eigenvalue weighted by Crippen LogP contribution is -2.15. The van der Waals surface area contributed by atoms with Crippen LogP contribution in [-0.2, 0) is 11.2 Å². The zero-order valence-corrected chi connectivity index (χ0v) is 12.1. The molecule has 0 aliphatic heterocycles. The van der Waals surface area contributed by atoms with E-state index in [2.05, 4.69) is 0 Å². The fourth-order valence-corrected chi connectivity index (χ4v) is 2.27. The maximum atomic E-state index is 13.3. The Morgan fingerprint density at radius 2 is 1.90 bits per heavy atom. The van der Waals surface area contributed by atoms with Crippen molar-refractivity contribution in [1.29, 1.82) is 0 Å². The lowest BCUT2D eigenvalue weighted by atomic mass is 9.92. The summed E-state index contributed by atoms with van der Waals surface area (Å²) in [6.45, 7) is 0. The number of carboxylic acid groups (broad SMARTS) is 1. The van der Waals surface area contributed by atoms with Gasteiger partial charge in [0.05, 0.1) is 5.92 Å². The molecule has 1 atom stereocenters. The molecule has 0 saturated carbocycles. The van der Waals surface area contributed by atoms with Gasteiger partial charge in [-0.25, -0.2) is 4.39 Å². The maximum absolute atomic E-state index is 13.3. The van der Waals surface area contributed by atoms with E-state index >= 15 is 0 Å². The first-order chi connectivity index (χ1) is 9.97. The lowest BCUT2D eigenvalue weighted by molar-refractivity contribution is -0.138. The van der Waals surface area contributed by atoms with Crippen molar-refractivity contribution in [2.45, 2.75) is 12.3 Å². The second-order valence-electron chi connectivity index (χ2n) is 5.21. The number of rotatable bonds is 5. The molecule has 0 aliphatic carbocycles. The molecule has 21 heavy (non-hydrogen) atoms. The zero-order valence-electron chi connectivity index (χ0n) is 12.1. The summed E-state index contributed by atoms with van der Waals surface area (Å²) in [5, 5.41) is 9.42. The van der Waals surface area contributed by atoms with Crippen molar-refractivity contribution in [3.05, 3.63) is 65.5 Å². The molecular formula is C17H18FNO2. The fourth-order valence-electron chi connectivity index (χ4n) is 2.27. The minimum absolute atomic E-state index is 0.334. The monoisotopic (exact) mass is 287 g/mol. The Labute approximate surface area is 123 Å². The average Bonchev–Trinajstić information content (AvgIpc) is 2.44. The Morgan fingerprint density at radius 3 is 2.52 bits per heavy atom. The van der Waals surface area contributed by atoms with E-state index in [4.69, 9.17) is 0 Å². The number of benzene rings is 2. The van der Waals surface area contributed by atoms with E-state index in [1.807, 2.05) is 43.3 Å². The summed E-state index contributed by atoms with van der Waals surface area (Å²) in [4.78, 5) is 13.5. The molecule has 0 radical (unpaired) electrons. The largest absolute Gasteiger partial charge is 0.481 e. The van der Waals surface area contributed by atoms with Crippen molar-refractivity contribution >= 4 is 11.7 Å². The van der Waals surface area contributed by atoms with Gasteiger partial charge in [-0.1, -0.05) is 24.3 Å². The summed E-state index contributed by atoms with van der Waals surface area (Å²) >= 11 is 0. The van der Waals surface area contributed by atoms with Gasteiger partial charge in [0.25, 0.3) is 0 Å². The molecule has 3 nitrogen and oxygen atoms in total. The summed E-state index contributed by atoms with van der Waals surface area (Å²) in [5.74, 6) is -2.12. The quantitative estimate of drug-likeness (QED) is 0.917. The van der Waals surface area contributed by atoms with Gasteiger partial charge in [0, 0.05) is 19.8 Å². The van der Waals surface area contributed by atoms with E-state index in [9.17, 15) is 14.3 Å². The van der Waals surface area contributed by atoms with Crippen LogP contribution in [0.15, 0.2) is 48.5 Å². The highest BCUT2D eigenvalue weighted by Crippen LogP contribution is 2.24. The molecule has 1 N–H and O–H groups in total. The summed E-state index contributed by atoms with van der Waals surface area (Å²) in [7, 11) is 3.86. The van der Waals surface area contributed by atoms with Gasteiger partial charge in [-0.15, -0.1) is 0 Å². The third-order valence-corrected chi connectivity index (χ3v) is 3.42. The van der Waals surface area contributed by atoms with Crippen LogP contribution in [-0.4, -0.2) is 25.2 Å². The van der Waals surface area contributed by atoms with Gasteiger partial charge >= 0.3 is 5.97 Å². The van der Waals surface area contributed by atoms with Crippen LogP contribution in [0.3, 0.4) is 0 Å². The Morgan fingerprint density at radius 1 is 1.19 bits per heavy atom. The third kappa shape index (κ3) is 3.81. The van der Waals surface area contributed by atoms with Gasteiger partial charge in [-0.05, 0) is 41.8 Å². The first kappa shape index (κ1) is 15.0. The molecule has 0 spiro atoms. The van der Waals surface area contributed by atoms with Gasteiger partial charge in [0.2, 0.25) is 0 Å². The molecule has 1 unspecified atom stereocenters. The van der Waals surface area contributed by atoms with Crippen molar-refractivity contribution in [2.24, 2.45) is 0 Å². The van der Waals surface area contributed by atoms with Crippen molar-refractivity contribution in [1.82, 2.24) is 0 Å². The van der Waals surface area contributed by atoms with Gasteiger partial charge in [-0.2, -0.15) is 0 Å². The van der Waals surface area contributed by atoms with Gasteiger partial charge in [-0.3, -0.25) is 4.79 Å². The molecule has 0 aliphatic rings. The van der Waals surface area contributed by atoms with E-state index in [-0.39, 0.29) is 0 Å². The summed E-state index contributed by atoms with van der Waals surface area (Å²) in [6, 6.07) is 13.5. The minimum Gasteiger partial charge on any atom is -0.481 e. The van der Waals surface area contributed by atoms with Crippen LogP contribution in [0.4, 0.5) is 10.1 Å². The number of hydrogen-bond acceptors (Lipinski definition) is 2. The standard InChI is InChI=1S/C17H18FNO2/c1-19(2)15-8-3-5-12(9-15)10-16(17(20)21)13-6-4-7-14(18)11-13/h3-9,11,16H,10H2,1-2H3,(H,20,21). The first-order valence-electron chi connectivity index (χ1n) is 6.72. The Bertz CT molecular complexity index is 640. The van der Waals surface area contributed by atoms with Crippen molar-refractivity contribution in [2.75, 3.05) is 19.0 Å². The van der Waals surface area contributed by atoms with Gasteiger partial charge < -0.3 is 10.0 Å². The maximum Gasteiger partial charge on any atom is 0.311 e. The van der Waals surface area contributed by atoms with Gasteiger partial charge in [0.15, 0.2) is 0 Å². The van der Waals surface area contributed by atoms with Crippen LogP contribution < -0.4 is 4.90 Å². The van der Waals surface area contributed by atoms with E-state index in [1.165, 1.54) is 18.2 Å². The molecular weight excluding hydrogens is 269 g/mol. The van der Waals surface area contributed by atoms with Crippen molar-refractivity contribution < 1.29 is 14.3 Å². The smallest absolute Gasteiger partial charge is 0.311 e. The first-order valence-corrected chi connectivity index (χ1v) is 6.72. The zero-order chi connectivity index (χ0) is 15.4. The highest BCUT2D eigenvalue weighted by Gasteiger charge is 2.21. The van der Waals surface area contributed by atoms with Gasteiger partial charge in [0.1, 0.15) is 5.82 Å². The van der Waals surface area contributed by atoms with Crippen LogP contribution in [0, 0.1) is 5.82 Å². The average molecular weight is 287 g/mol. The normalized spacial score (nSPS) is 12.0. The molecule has 110 valence electrons. The van der Waals surface area contributed by atoms with Crippen LogP contribution in [0.5, 0.6) is 0 Å². The Hall–Kier alpha value is -2.36. The van der Waals surface area contributed by atoms with Crippen LogP contribution in [0.25, 0.3) is 0 Å². The summed E-state index contributed by atoms with van der Waals surface area (Å²) < 4.78 is 13.3. The topological polar surface area (TPSA) is 40.5 Å². The number of halogens is 1. The molecule has 0 saturated heterocycles. The fraction of sp³-hybridized carbons (Fsp3) is 0.235. The second kappa shape index (κ2) is 6.39. The molecule has 4 heteroatoms. The SMILES string of the molecule is CN(C)c1cccc(CC(C(=O)O)c2cccc(F)c2)c1. The number of nitrogens with zero attached hydrogens (tertiary/aromatic N) is 1. The number of aliphatic carboxylic acids is 1. The summed E-state index contributed by atoms with van der Waals surface area (Å²) in [6.07, 6.45) is 0.334. The highest BCUT2D eigenvalue weighted by molar-refractivity contribution is 5.76. The number of carbonyl (C=O) groups is 1. The van der Waals surface area contributed by atoms with E-state index in [0.717, 1.165) is 11.3 Å². The molecule has 0 heterocycles. The minimum atomic E-state index is -0.948. The predicted octanol–water partition coefficient (Wildman–Crippen LogP) is 3.30. The van der Waals surface area contributed by atoms with E-state index < -0.39 is 17.7 Å².